The largest absolute Gasteiger partial charge is 0.265 e. The molecule has 0 amide bonds. The van der Waals surface area contributed by atoms with E-state index >= 15 is 0 Å². The average molecular weight is 379 g/mol. The van der Waals surface area contributed by atoms with Gasteiger partial charge in [0.1, 0.15) is 5.01 Å². The van der Waals surface area contributed by atoms with Crippen molar-refractivity contribution in [3.05, 3.63) is 72.0 Å². The van der Waals surface area contributed by atoms with Crippen LogP contribution in [0.3, 0.4) is 0 Å². The Labute approximate surface area is 158 Å². The Morgan fingerprint density at radius 2 is 1.68 bits per heavy atom. The van der Waals surface area contributed by atoms with Crippen LogP contribution in [-0.4, -0.2) is 9.97 Å². The van der Waals surface area contributed by atoms with Crippen molar-refractivity contribution in [2.45, 2.75) is 9.79 Å². The summed E-state index contributed by atoms with van der Waals surface area (Å²) < 4.78 is 0. The molecule has 3 heterocycles. The summed E-state index contributed by atoms with van der Waals surface area (Å²) in [5.41, 5.74) is 4.49. The molecule has 0 saturated carbocycles. The van der Waals surface area contributed by atoms with Gasteiger partial charge in [0, 0.05) is 43.9 Å². The predicted molar refractivity (Wildman–Crippen MR) is 105 cm³/mol. The lowest BCUT2D eigenvalue weighted by atomic mass is 10.1. The zero-order valence-corrected chi connectivity index (χ0v) is 15.3. The van der Waals surface area contributed by atoms with Gasteiger partial charge in [-0.05, 0) is 30.3 Å². The van der Waals surface area contributed by atoms with Crippen molar-refractivity contribution >= 4 is 34.7 Å². The van der Waals surface area contributed by atoms with E-state index in [1.807, 2.05) is 24.3 Å². The molecule has 0 atom stereocenters. The zero-order chi connectivity index (χ0) is 16.8. The van der Waals surface area contributed by atoms with Crippen LogP contribution in [0.5, 0.6) is 0 Å². The van der Waals surface area contributed by atoms with E-state index in [0.717, 1.165) is 31.7 Å². The number of fused-ring (bicyclic) bond motifs is 5. The van der Waals surface area contributed by atoms with Gasteiger partial charge in [-0.3, -0.25) is 4.98 Å². The number of pyridine rings is 1. The molecule has 5 rings (SSSR count). The van der Waals surface area contributed by atoms with E-state index in [-0.39, 0.29) is 0 Å². The van der Waals surface area contributed by atoms with E-state index in [1.54, 1.807) is 35.5 Å². The first kappa shape index (κ1) is 15.1. The lowest BCUT2D eigenvalue weighted by Gasteiger charge is -2.06. The summed E-state index contributed by atoms with van der Waals surface area (Å²) in [5, 5.41) is 1.76. The quantitative estimate of drug-likeness (QED) is 0.326. The van der Waals surface area contributed by atoms with Crippen LogP contribution >= 0.6 is 34.7 Å². The Balaban J connectivity index is 1.82. The monoisotopic (exact) mass is 378 g/mol. The molecule has 2 nitrogen and oxygen atoms in total. The van der Waals surface area contributed by atoms with Gasteiger partial charge in [-0.25, -0.2) is 4.98 Å². The minimum atomic E-state index is 0.747. The summed E-state index contributed by atoms with van der Waals surface area (Å²) in [6.45, 7) is 0. The number of halogens is 1. The summed E-state index contributed by atoms with van der Waals surface area (Å²) in [5.74, 6) is 0. The van der Waals surface area contributed by atoms with Gasteiger partial charge in [0.25, 0.3) is 0 Å². The van der Waals surface area contributed by atoms with Gasteiger partial charge in [-0.15, -0.1) is 11.3 Å². The predicted octanol–water partition coefficient (Wildman–Crippen LogP) is 6.66. The first-order chi connectivity index (χ1) is 12.3. The molecule has 0 radical (unpaired) electrons. The molecule has 1 aliphatic rings. The van der Waals surface area contributed by atoms with Gasteiger partial charge in [-0.1, -0.05) is 47.6 Å². The van der Waals surface area contributed by atoms with E-state index < -0.39 is 0 Å². The second-order valence-electron chi connectivity index (χ2n) is 5.67. The summed E-state index contributed by atoms with van der Waals surface area (Å²) >= 11 is 9.73. The van der Waals surface area contributed by atoms with Crippen molar-refractivity contribution in [3.63, 3.8) is 0 Å². The molecule has 0 spiro atoms. The molecule has 0 fully saturated rings. The van der Waals surface area contributed by atoms with Gasteiger partial charge in [0.15, 0.2) is 0 Å². The Morgan fingerprint density at radius 1 is 0.840 bits per heavy atom. The maximum Gasteiger partial charge on any atom is 0.124 e. The van der Waals surface area contributed by atoms with Crippen molar-refractivity contribution in [1.82, 2.24) is 9.97 Å². The fraction of sp³-hybridized carbons (Fsp3) is 0. The minimum absolute atomic E-state index is 0.747. The van der Waals surface area contributed by atoms with Crippen LogP contribution in [0.1, 0.15) is 0 Å². The topological polar surface area (TPSA) is 25.8 Å². The van der Waals surface area contributed by atoms with Crippen LogP contribution < -0.4 is 0 Å². The fourth-order valence-electron chi connectivity index (χ4n) is 2.94. The molecule has 1 aliphatic heterocycles. The third-order valence-electron chi connectivity index (χ3n) is 4.10. The minimum Gasteiger partial charge on any atom is -0.265 e. The molecule has 0 saturated heterocycles. The van der Waals surface area contributed by atoms with Crippen molar-refractivity contribution in [2.75, 3.05) is 0 Å². The first-order valence-electron chi connectivity index (χ1n) is 7.78. The van der Waals surface area contributed by atoms with Crippen LogP contribution in [0.2, 0.25) is 5.02 Å². The molecule has 0 unspecified atom stereocenters. The molecular weight excluding hydrogens is 368 g/mol. The second kappa shape index (κ2) is 5.99. The molecule has 4 aromatic rings. The summed E-state index contributed by atoms with van der Waals surface area (Å²) in [6.07, 6.45) is 3.61. The zero-order valence-electron chi connectivity index (χ0n) is 12.9. The average Bonchev–Trinajstić information content (AvgIpc) is 3.03. The number of aromatic nitrogens is 2. The van der Waals surface area contributed by atoms with Gasteiger partial charge in [0.2, 0.25) is 0 Å². The second-order valence-corrected chi connectivity index (χ2v) is 8.19. The summed E-state index contributed by atoms with van der Waals surface area (Å²) in [4.78, 5) is 12.7. The third-order valence-corrected chi connectivity index (χ3v) is 6.61. The molecule has 0 N–H and O–H groups in total. The van der Waals surface area contributed by atoms with Crippen LogP contribution in [0.15, 0.2) is 76.8 Å². The Kier molecular flexibility index (Phi) is 3.63. The van der Waals surface area contributed by atoms with E-state index in [2.05, 4.69) is 35.3 Å². The van der Waals surface area contributed by atoms with Crippen molar-refractivity contribution < 1.29 is 0 Å². The molecule has 2 aromatic heterocycles. The molecule has 5 heteroatoms. The SMILES string of the molecule is Clc1ccc2c(c1)Sc1ccccc1-c1sc(-c3ccncc3)nc1-2. The van der Waals surface area contributed by atoms with Gasteiger partial charge >= 0.3 is 0 Å². The van der Waals surface area contributed by atoms with Gasteiger partial charge in [0.05, 0.1) is 10.6 Å². The van der Waals surface area contributed by atoms with E-state index in [0.29, 0.717) is 0 Å². The van der Waals surface area contributed by atoms with Gasteiger partial charge in [-0.2, -0.15) is 0 Å². The normalized spacial score (nSPS) is 12.0. The lowest BCUT2D eigenvalue weighted by molar-refractivity contribution is 1.31. The maximum absolute atomic E-state index is 6.25. The molecule has 0 aliphatic carbocycles. The number of thiazole rings is 1. The van der Waals surface area contributed by atoms with Crippen LogP contribution in [-0.2, 0) is 0 Å². The van der Waals surface area contributed by atoms with E-state index in [4.69, 9.17) is 16.6 Å². The van der Waals surface area contributed by atoms with Crippen molar-refractivity contribution in [2.24, 2.45) is 0 Å². The highest BCUT2D eigenvalue weighted by molar-refractivity contribution is 7.99. The van der Waals surface area contributed by atoms with Crippen LogP contribution in [0, 0.1) is 0 Å². The standard InChI is InChI=1S/C20H11ClN2S2/c21-13-5-6-14-17(11-13)24-16-4-2-1-3-15(16)19-18(14)23-20(25-19)12-7-9-22-10-8-12/h1-11H. The Hall–Kier alpha value is -2.14. The molecule has 2 aromatic carbocycles. The van der Waals surface area contributed by atoms with Crippen LogP contribution in [0.4, 0.5) is 0 Å². The number of rotatable bonds is 1. The smallest absolute Gasteiger partial charge is 0.124 e. The van der Waals surface area contributed by atoms with Crippen molar-refractivity contribution in [3.8, 4) is 32.3 Å². The first-order valence-corrected chi connectivity index (χ1v) is 9.79. The maximum atomic E-state index is 6.25. The molecule has 0 bridgehead atoms. The molecule has 120 valence electrons. The van der Waals surface area contributed by atoms with E-state index in [1.165, 1.54) is 15.3 Å². The number of benzene rings is 2. The van der Waals surface area contributed by atoms with Crippen molar-refractivity contribution in [1.29, 1.82) is 0 Å². The summed E-state index contributed by atoms with van der Waals surface area (Å²) in [7, 11) is 0. The van der Waals surface area contributed by atoms with Gasteiger partial charge < -0.3 is 0 Å². The highest BCUT2D eigenvalue weighted by Gasteiger charge is 2.24. The van der Waals surface area contributed by atoms with Crippen LogP contribution in [0.25, 0.3) is 32.3 Å². The van der Waals surface area contributed by atoms with E-state index in [9.17, 15) is 0 Å². The number of hydrogen-bond donors (Lipinski definition) is 0. The Bertz CT molecular complexity index is 1090. The number of nitrogens with zero attached hydrogens (tertiary/aromatic N) is 2. The third kappa shape index (κ3) is 2.58. The molecular formula is C20H11ClN2S2. The summed E-state index contributed by atoms with van der Waals surface area (Å²) in [6, 6.07) is 18.5. The molecule has 25 heavy (non-hydrogen) atoms. The fourth-order valence-corrected chi connectivity index (χ4v) is 5.49. The highest BCUT2D eigenvalue weighted by Crippen LogP contribution is 2.51. The highest BCUT2D eigenvalue weighted by atomic mass is 35.5. The number of hydrogen-bond acceptors (Lipinski definition) is 4. The Morgan fingerprint density at radius 3 is 2.56 bits per heavy atom. The lowest BCUT2D eigenvalue weighted by Crippen LogP contribution is -1.83.